The van der Waals surface area contributed by atoms with Crippen LogP contribution in [0.15, 0.2) is 0 Å². The third kappa shape index (κ3) is 8.97. The molecule has 0 spiro atoms. The van der Waals surface area contributed by atoms with Gasteiger partial charge in [-0.15, -0.1) is 0 Å². The molecule has 0 rings (SSSR count). The Morgan fingerprint density at radius 1 is 1.25 bits per heavy atom. The molecule has 0 saturated carbocycles. The van der Waals surface area contributed by atoms with Gasteiger partial charge in [0.2, 0.25) is 0 Å². The van der Waals surface area contributed by atoms with E-state index >= 15 is 0 Å². The zero-order valence-corrected chi connectivity index (χ0v) is 10.2. The lowest BCUT2D eigenvalue weighted by molar-refractivity contribution is -0.145. The van der Waals surface area contributed by atoms with Crippen molar-refractivity contribution in [3.8, 4) is 0 Å². The summed E-state index contributed by atoms with van der Waals surface area (Å²) in [6.45, 7) is 4.67. The number of nitrogens with two attached hydrogens (primary N) is 1. The lowest BCUT2D eigenvalue weighted by Gasteiger charge is -2.22. The molecule has 0 aliphatic heterocycles. The zero-order chi connectivity index (χ0) is 12.6. The van der Waals surface area contributed by atoms with Crippen LogP contribution in [-0.2, 0) is 0 Å². The molecule has 0 aromatic rings. The predicted molar refractivity (Wildman–Crippen MR) is 60.2 cm³/mol. The minimum atomic E-state index is -4.08. The monoisotopic (exact) mass is 240 g/mol. The first kappa shape index (κ1) is 15.7. The first-order chi connectivity index (χ1) is 7.39. The molecule has 0 aromatic heterocycles. The highest BCUT2D eigenvalue weighted by Gasteiger charge is 2.29. The van der Waals surface area contributed by atoms with E-state index in [-0.39, 0.29) is 0 Å². The first-order valence-electron chi connectivity index (χ1n) is 5.88. The molecule has 2 N–H and O–H groups in total. The van der Waals surface area contributed by atoms with E-state index in [0.717, 1.165) is 19.3 Å². The van der Waals surface area contributed by atoms with Crippen molar-refractivity contribution < 1.29 is 13.2 Å². The van der Waals surface area contributed by atoms with Crippen LogP contribution < -0.4 is 5.73 Å². The number of hydrogen-bond acceptors (Lipinski definition) is 2. The minimum absolute atomic E-state index is 0.449. The normalized spacial score (nSPS) is 14.4. The molecule has 1 atom stereocenters. The molecule has 0 radical (unpaired) electrons. The van der Waals surface area contributed by atoms with Crippen molar-refractivity contribution in [3.05, 3.63) is 0 Å². The maximum atomic E-state index is 12.1. The Bertz CT molecular complexity index is 171. The average molecular weight is 240 g/mol. The fraction of sp³-hybridized carbons (Fsp3) is 1.00. The van der Waals surface area contributed by atoms with Gasteiger partial charge in [0.05, 0.1) is 6.54 Å². The number of nitrogens with zero attached hydrogens (tertiary/aromatic N) is 1. The van der Waals surface area contributed by atoms with Crippen LogP contribution >= 0.6 is 0 Å². The SMILES string of the molecule is CCN(CCCC(C)CCN)CC(F)(F)F. The quantitative estimate of drug-likeness (QED) is 0.706. The van der Waals surface area contributed by atoms with E-state index in [2.05, 4.69) is 6.92 Å². The molecule has 0 aliphatic carbocycles. The maximum absolute atomic E-state index is 12.1. The summed E-state index contributed by atoms with van der Waals surface area (Å²) in [5.41, 5.74) is 5.41. The Kier molecular flexibility index (Phi) is 7.76. The van der Waals surface area contributed by atoms with E-state index in [1.807, 2.05) is 0 Å². The van der Waals surface area contributed by atoms with Gasteiger partial charge in [0.25, 0.3) is 0 Å². The third-order valence-electron chi connectivity index (χ3n) is 2.68. The van der Waals surface area contributed by atoms with Gasteiger partial charge in [-0.25, -0.2) is 0 Å². The van der Waals surface area contributed by atoms with Crippen molar-refractivity contribution in [2.45, 2.75) is 39.3 Å². The van der Waals surface area contributed by atoms with E-state index in [0.29, 0.717) is 25.6 Å². The molecule has 16 heavy (non-hydrogen) atoms. The van der Waals surface area contributed by atoms with Gasteiger partial charge in [-0.3, -0.25) is 4.90 Å². The summed E-state index contributed by atoms with van der Waals surface area (Å²) in [6, 6.07) is 0. The molecular formula is C11H23F3N2. The first-order valence-corrected chi connectivity index (χ1v) is 5.88. The van der Waals surface area contributed by atoms with Crippen molar-refractivity contribution >= 4 is 0 Å². The molecular weight excluding hydrogens is 217 g/mol. The standard InChI is InChI=1S/C11H23F3N2/c1-3-16(9-11(12,13)14)8-4-5-10(2)6-7-15/h10H,3-9,15H2,1-2H3. The van der Waals surface area contributed by atoms with Crippen LogP contribution in [0.4, 0.5) is 13.2 Å². The molecule has 0 saturated heterocycles. The summed E-state index contributed by atoms with van der Waals surface area (Å²) >= 11 is 0. The molecule has 0 heterocycles. The maximum Gasteiger partial charge on any atom is 0.401 e. The third-order valence-corrected chi connectivity index (χ3v) is 2.68. The Labute approximate surface area is 96.0 Å². The van der Waals surface area contributed by atoms with Crippen LogP contribution in [0, 0.1) is 5.92 Å². The highest BCUT2D eigenvalue weighted by atomic mass is 19.4. The Morgan fingerprint density at radius 3 is 2.31 bits per heavy atom. The lowest BCUT2D eigenvalue weighted by atomic mass is 10.0. The highest BCUT2D eigenvalue weighted by Crippen LogP contribution is 2.17. The van der Waals surface area contributed by atoms with Crippen LogP contribution in [0.1, 0.15) is 33.1 Å². The van der Waals surface area contributed by atoms with Crippen molar-refractivity contribution in [1.29, 1.82) is 0 Å². The van der Waals surface area contributed by atoms with Gasteiger partial charge >= 0.3 is 6.18 Å². The molecule has 0 aromatic carbocycles. The molecule has 5 heteroatoms. The van der Waals surface area contributed by atoms with E-state index in [4.69, 9.17) is 5.73 Å². The van der Waals surface area contributed by atoms with E-state index < -0.39 is 12.7 Å². The number of halogens is 3. The minimum Gasteiger partial charge on any atom is -0.330 e. The van der Waals surface area contributed by atoms with E-state index in [9.17, 15) is 13.2 Å². The van der Waals surface area contributed by atoms with Gasteiger partial charge in [-0.1, -0.05) is 13.8 Å². The van der Waals surface area contributed by atoms with Crippen molar-refractivity contribution in [3.63, 3.8) is 0 Å². The summed E-state index contributed by atoms with van der Waals surface area (Å²) < 4.78 is 36.4. The smallest absolute Gasteiger partial charge is 0.330 e. The molecule has 2 nitrogen and oxygen atoms in total. The van der Waals surface area contributed by atoms with Crippen LogP contribution in [0.5, 0.6) is 0 Å². The second-order valence-electron chi connectivity index (χ2n) is 4.31. The molecule has 0 amide bonds. The molecule has 0 fully saturated rings. The fourth-order valence-corrected chi connectivity index (χ4v) is 1.69. The van der Waals surface area contributed by atoms with Crippen LogP contribution in [0.2, 0.25) is 0 Å². The van der Waals surface area contributed by atoms with Crippen molar-refractivity contribution in [1.82, 2.24) is 4.90 Å². The summed E-state index contributed by atoms with van der Waals surface area (Å²) in [7, 11) is 0. The number of hydrogen-bond donors (Lipinski definition) is 1. The van der Waals surface area contributed by atoms with Gasteiger partial charge in [0, 0.05) is 0 Å². The summed E-state index contributed by atoms with van der Waals surface area (Å²) in [6.07, 6.45) is -1.37. The van der Waals surface area contributed by atoms with Gasteiger partial charge in [0.1, 0.15) is 0 Å². The molecule has 1 unspecified atom stereocenters. The predicted octanol–water partition coefficient (Wildman–Crippen LogP) is 2.64. The van der Waals surface area contributed by atoms with Crippen molar-refractivity contribution in [2.24, 2.45) is 11.7 Å². The van der Waals surface area contributed by atoms with Gasteiger partial charge in [-0.2, -0.15) is 13.2 Å². The average Bonchev–Trinajstić information content (AvgIpc) is 2.14. The van der Waals surface area contributed by atoms with Gasteiger partial charge < -0.3 is 5.73 Å². The summed E-state index contributed by atoms with van der Waals surface area (Å²) in [5, 5.41) is 0. The summed E-state index contributed by atoms with van der Waals surface area (Å²) in [5.74, 6) is 0.509. The fourth-order valence-electron chi connectivity index (χ4n) is 1.69. The molecule has 0 bridgehead atoms. The Hall–Kier alpha value is -0.290. The highest BCUT2D eigenvalue weighted by molar-refractivity contribution is 4.63. The second kappa shape index (κ2) is 7.90. The van der Waals surface area contributed by atoms with Crippen molar-refractivity contribution in [2.75, 3.05) is 26.2 Å². The largest absolute Gasteiger partial charge is 0.401 e. The van der Waals surface area contributed by atoms with E-state index in [1.54, 1.807) is 6.92 Å². The van der Waals surface area contributed by atoms with Crippen LogP contribution in [0.3, 0.4) is 0 Å². The molecule has 98 valence electrons. The lowest BCUT2D eigenvalue weighted by Crippen LogP contribution is -2.34. The van der Waals surface area contributed by atoms with E-state index in [1.165, 1.54) is 4.90 Å². The summed E-state index contributed by atoms with van der Waals surface area (Å²) in [4.78, 5) is 1.44. The van der Waals surface area contributed by atoms with Crippen LogP contribution in [-0.4, -0.2) is 37.3 Å². The topological polar surface area (TPSA) is 29.3 Å². The molecule has 0 aliphatic rings. The van der Waals surface area contributed by atoms with Gasteiger partial charge in [-0.05, 0) is 44.8 Å². The second-order valence-corrected chi connectivity index (χ2v) is 4.31. The zero-order valence-electron chi connectivity index (χ0n) is 10.2. The van der Waals surface area contributed by atoms with Crippen LogP contribution in [0.25, 0.3) is 0 Å². The van der Waals surface area contributed by atoms with Gasteiger partial charge in [0.15, 0.2) is 0 Å². The Balaban J connectivity index is 3.71. The number of alkyl halides is 3. The number of rotatable bonds is 8. The Morgan fingerprint density at radius 2 is 1.88 bits per heavy atom.